The van der Waals surface area contributed by atoms with Gasteiger partial charge in [-0.15, -0.1) is 0 Å². The van der Waals surface area contributed by atoms with Gasteiger partial charge in [-0.25, -0.2) is 9.59 Å². The minimum atomic E-state index is -1.85. The predicted octanol–water partition coefficient (Wildman–Crippen LogP) is 6.56. The van der Waals surface area contributed by atoms with Gasteiger partial charge in [-0.3, -0.25) is 34.1 Å². The summed E-state index contributed by atoms with van der Waals surface area (Å²) in [7, 11) is 1.03. The third-order valence-electron chi connectivity index (χ3n) is 9.89. The van der Waals surface area contributed by atoms with E-state index in [9.17, 15) is 59.0 Å². The molecule has 21 nitrogen and oxygen atoms in total. The van der Waals surface area contributed by atoms with Crippen molar-refractivity contribution < 1.29 is 68.0 Å². The number of carbonyl (C=O) groups is 7. The van der Waals surface area contributed by atoms with E-state index in [0.717, 1.165) is 7.11 Å². The van der Waals surface area contributed by atoms with Crippen LogP contribution < -0.4 is 36.1 Å². The van der Waals surface area contributed by atoms with E-state index >= 15 is 0 Å². The van der Waals surface area contributed by atoms with E-state index in [0.29, 0.717) is 6.42 Å². The van der Waals surface area contributed by atoms with Crippen molar-refractivity contribution in [1.29, 1.82) is 0 Å². The molecular weight excluding hydrogens is 889 g/mol. The minimum absolute atomic E-state index is 0.0127. The highest BCUT2D eigenvalue weighted by atomic mass is 16.6. The number of methoxy groups -OCH3 is 1. The first-order chi connectivity index (χ1) is 32.3. The number of ether oxygens (including phenoxy) is 3. The highest BCUT2D eigenvalue weighted by molar-refractivity contribution is 6.10. The maximum Gasteiger partial charge on any atom is 0.335 e. The average Bonchev–Trinajstić information content (AvgIpc) is 3.30. The van der Waals surface area contributed by atoms with Crippen molar-refractivity contribution in [1.82, 2.24) is 5.32 Å². The molecule has 5 amide bonds. The Morgan fingerprint density at radius 3 is 1.69 bits per heavy atom. The number of non-ortho nitro benzene ring substituents is 1. The number of nitro benzene ring substituents is 1. The number of aliphatic carboxylic acids is 1. The van der Waals surface area contributed by atoms with Gasteiger partial charge in [0.2, 0.25) is 5.91 Å². The SMILES string of the molecule is CCC(C)Oc1cc(C(=O)O)ccc1NC(=O)c1ccc(NC(=O)c2ccc(NC(=O)C(NC(=O)c3ccc(NC(=O)c4ccc([N+](=O)[O-])cc4)cc3)C(OC)C(=O)O)cc2)c(OC(C)C)c1O. The summed E-state index contributed by atoms with van der Waals surface area (Å²) in [6.07, 6.45) is -2.13. The van der Waals surface area contributed by atoms with E-state index < -0.39 is 70.4 Å². The summed E-state index contributed by atoms with van der Waals surface area (Å²) >= 11 is 0. The monoisotopic (exact) mass is 934 g/mol. The lowest BCUT2D eigenvalue weighted by Gasteiger charge is -2.23. The van der Waals surface area contributed by atoms with E-state index in [4.69, 9.17) is 14.2 Å². The first kappa shape index (κ1) is 50.2. The largest absolute Gasteiger partial charge is 0.504 e. The maximum absolute atomic E-state index is 13.5. The predicted molar refractivity (Wildman–Crippen MR) is 246 cm³/mol. The summed E-state index contributed by atoms with van der Waals surface area (Å²) in [5.74, 6) is -7.47. The van der Waals surface area contributed by atoms with Crippen LogP contribution >= 0.6 is 0 Å². The van der Waals surface area contributed by atoms with Crippen molar-refractivity contribution in [3.05, 3.63) is 141 Å². The molecule has 0 radical (unpaired) electrons. The van der Waals surface area contributed by atoms with Gasteiger partial charge in [-0.2, -0.15) is 0 Å². The van der Waals surface area contributed by atoms with Crippen LogP contribution in [0.15, 0.2) is 103 Å². The van der Waals surface area contributed by atoms with Gasteiger partial charge in [-0.05, 0) is 118 Å². The van der Waals surface area contributed by atoms with E-state index in [-0.39, 0.29) is 73.9 Å². The summed E-state index contributed by atoms with van der Waals surface area (Å²) in [6, 6.07) is 20.3. The van der Waals surface area contributed by atoms with Gasteiger partial charge in [-0.1, -0.05) is 6.92 Å². The standard InChI is InChI=1S/C47H46N6O15/c1-6-25(4)68-36-23-29(46(60)61)13-21-34(36)50-44(58)33-20-22-35(39(38(33)54)67-24(2)3)51-42(56)26-7-16-31(17-8-26)49-45(59)37(40(66-5)47(62)63)52-43(57)27-9-14-30(15-10-27)48-41(55)28-11-18-32(19-12-28)53(64)65/h7-25,37,40,54H,6H2,1-5H3,(H,48,55)(H,49,59)(H,50,58)(H,51,56)(H,52,57)(H,60,61)(H,62,63). The Balaban J connectivity index is 1.27. The second-order valence-electron chi connectivity index (χ2n) is 15.1. The molecule has 3 atom stereocenters. The number of carboxylic acid groups (broad SMARTS) is 2. The van der Waals surface area contributed by atoms with Crippen LogP contribution in [0, 0.1) is 10.1 Å². The van der Waals surface area contributed by atoms with E-state index in [1.807, 2.05) is 6.92 Å². The topological polar surface area (TPSA) is 311 Å². The van der Waals surface area contributed by atoms with Crippen molar-refractivity contribution >= 4 is 69.9 Å². The van der Waals surface area contributed by atoms with Crippen molar-refractivity contribution in [2.45, 2.75) is 58.5 Å². The van der Waals surface area contributed by atoms with Crippen molar-refractivity contribution in [3.63, 3.8) is 0 Å². The number of hydrogen-bond acceptors (Lipinski definition) is 13. The number of anilines is 4. The van der Waals surface area contributed by atoms with Crippen LogP contribution in [0.4, 0.5) is 28.4 Å². The summed E-state index contributed by atoms with van der Waals surface area (Å²) in [6.45, 7) is 6.95. The highest BCUT2D eigenvalue weighted by Crippen LogP contribution is 2.40. The number of hydrogen-bond donors (Lipinski definition) is 8. The number of rotatable bonds is 20. The minimum Gasteiger partial charge on any atom is -0.504 e. The van der Waals surface area contributed by atoms with Gasteiger partial charge < -0.3 is 56.1 Å². The van der Waals surface area contributed by atoms with Crippen LogP contribution in [0.3, 0.4) is 0 Å². The third kappa shape index (κ3) is 12.7. The maximum atomic E-state index is 13.5. The molecule has 0 saturated carbocycles. The molecule has 0 aromatic heterocycles. The van der Waals surface area contributed by atoms with Crippen LogP contribution in [-0.4, -0.2) is 93.2 Å². The van der Waals surface area contributed by atoms with E-state index in [1.54, 1.807) is 20.8 Å². The van der Waals surface area contributed by atoms with Crippen LogP contribution in [0.5, 0.6) is 17.2 Å². The Kier molecular flexibility index (Phi) is 16.5. The molecule has 0 aliphatic rings. The number of aromatic carboxylic acids is 1. The van der Waals surface area contributed by atoms with Crippen molar-refractivity contribution in [3.8, 4) is 17.2 Å². The second kappa shape index (κ2) is 22.4. The summed E-state index contributed by atoms with van der Waals surface area (Å²) in [5, 5.41) is 54.2. The average molecular weight is 935 g/mol. The summed E-state index contributed by atoms with van der Waals surface area (Å²) in [5.41, 5.74) is 0.122. The molecule has 3 unspecified atom stereocenters. The number of phenolic OH excluding ortho intramolecular Hbond substituents is 1. The zero-order valence-corrected chi connectivity index (χ0v) is 37.0. The van der Waals surface area contributed by atoms with Crippen molar-refractivity contribution in [2.24, 2.45) is 0 Å². The number of carboxylic acids is 2. The molecule has 0 bridgehead atoms. The molecule has 354 valence electrons. The fourth-order valence-electron chi connectivity index (χ4n) is 6.20. The molecule has 21 heteroatoms. The fraction of sp³-hybridized carbons (Fsp3) is 0.213. The van der Waals surface area contributed by atoms with Gasteiger partial charge >= 0.3 is 11.9 Å². The Bertz CT molecular complexity index is 2730. The summed E-state index contributed by atoms with van der Waals surface area (Å²) < 4.78 is 16.7. The van der Waals surface area contributed by atoms with Gasteiger partial charge in [0.25, 0.3) is 29.3 Å². The lowest BCUT2D eigenvalue weighted by atomic mass is 10.1. The Morgan fingerprint density at radius 1 is 0.647 bits per heavy atom. The molecule has 5 rings (SSSR count). The first-order valence-corrected chi connectivity index (χ1v) is 20.6. The number of nitro groups is 1. The van der Waals surface area contributed by atoms with Gasteiger partial charge in [0.1, 0.15) is 11.8 Å². The lowest BCUT2D eigenvalue weighted by Crippen LogP contribution is -2.54. The van der Waals surface area contributed by atoms with E-state index in [1.165, 1.54) is 103 Å². The lowest BCUT2D eigenvalue weighted by molar-refractivity contribution is -0.384. The van der Waals surface area contributed by atoms with E-state index in [2.05, 4.69) is 26.6 Å². The second-order valence-corrected chi connectivity index (χ2v) is 15.1. The van der Waals surface area contributed by atoms with Crippen molar-refractivity contribution in [2.75, 3.05) is 28.4 Å². The molecular formula is C47H46N6O15. The Labute approximate surface area is 387 Å². The molecule has 0 spiro atoms. The molecule has 5 aromatic carbocycles. The number of carbonyl (C=O) groups excluding carboxylic acids is 5. The first-order valence-electron chi connectivity index (χ1n) is 20.6. The molecule has 68 heavy (non-hydrogen) atoms. The quantitative estimate of drug-likeness (QED) is 0.0303. The Morgan fingerprint density at radius 2 is 1.16 bits per heavy atom. The smallest absolute Gasteiger partial charge is 0.335 e. The van der Waals surface area contributed by atoms with Crippen LogP contribution in [-0.2, 0) is 14.3 Å². The molecule has 0 aliphatic heterocycles. The number of amides is 5. The molecule has 0 aliphatic carbocycles. The molecule has 0 saturated heterocycles. The number of nitrogens with zero attached hydrogens (tertiary/aromatic N) is 1. The van der Waals surface area contributed by atoms with Crippen LogP contribution in [0.2, 0.25) is 0 Å². The number of benzene rings is 5. The van der Waals surface area contributed by atoms with Gasteiger partial charge in [0, 0.05) is 47.3 Å². The third-order valence-corrected chi connectivity index (χ3v) is 9.89. The number of phenols is 1. The molecule has 5 aromatic rings. The summed E-state index contributed by atoms with van der Waals surface area (Å²) in [4.78, 5) is 100. The highest BCUT2D eigenvalue weighted by Gasteiger charge is 2.36. The van der Waals surface area contributed by atoms with Gasteiger partial charge in [0.05, 0.1) is 39.6 Å². The number of aromatic hydroxyl groups is 1. The molecule has 0 heterocycles. The number of nitrogens with one attached hydrogen (secondary N) is 5. The zero-order chi connectivity index (χ0) is 49.8. The molecule has 8 N–H and O–H groups in total. The zero-order valence-electron chi connectivity index (χ0n) is 37.0. The van der Waals surface area contributed by atoms with Crippen LogP contribution in [0.1, 0.15) is 85.9 Å². The normalized spacial score (nSPS) is 12.1. The molecule has 0 fully saturated rings. The fourth-order valence-corrected chi connectivity index (χ4v) is 6.20. The van der Waals surface area contributed by atoms with Gasteiger partial charge in [0.15, 0.2) is 17.6 Å². The van der Waals surface area contributed by atoms with Crippen LogP contribution in [0.25, 0.3) is 0 Å². The Hall–Kier alpha value is -8.85.